The van der Waals surface area contributed by atoms with Gasteiger partial charge in [0, 0.05) is 37.4 Å². The molecular weight excluding hydrogens is 494 g/mol. The fourth-order valence-corrected chi connectivity index (χ4v) is 5.78. The lowest BCUT2D eigenvalue weighted by Gasteiger charge is -2.39. The smallest absolute Gasteiger partial charge is 0.251 e. The summed E-state index contributed by atoms with van der Waals surface area (Å²) in [5.74, 6) is 0.321. The molecule has 4 rings (SSSR count). The van der Waals surface area contributed by atoms with E-state index in [0.29, 0.717) is 27.9 Å². The van der Waals surface area contributed by atoms with Crippen LogP contribution in [0.5, 0.6) is 0 Å². The predicted octanol–water partition coefficient (Wildman–Crippen LogP) is 5.21. The van der Waals surface area contributed by atoms with Crippen LogP contribution in [0.1, 0.15) is 59.6 Å². The van der Waals surface area contributed by atoms with Crippen LogP contribution < -0.4 is 5.32 Å². The van der Waals surface area contributed by atoms with Crippen molar-refractivity contribution in [2.24, 2.45) is 5.92 Å². The number of hydrogen-bond acceptors (Lipinski definition) is 5. The molecule has 6 nitrogen and oxygen atoms in total. The molecule has 1 amide bonds. The maximum absolute atomic E-state index is 12.9. The fraction of sp³-hybridized carbons (Fsp3) is 0.357. The standard InChI is InChI=1S/C28H32ClN3O3S/c1-4-36(34,35)25-10-5-20(6-11-25)16-31-28(33)22-7-12-26-21(15-22)13-14-32(27(26)19(2)3)18-24-9-8-23(29)17-30-24/h5-12,15,17,19,27H,4,13-14,16,18H2,1-3H3,(H,31,33). The van der Waals surface area contributed by atoms with Crippen molar-refractivity contribution < 1.29 is 13.2 Å². The highest BCUT2D eigenvalue weighted by Crippen LogP contribution is 2.36. The number of aromatic nitrogens is 1. The zero-order chi connectivity index (χ0) is 25.9. The molecule has 1 atom stereocenters. The first-order chi connectivity index (χ1) is 17.2. The number of fused-ring (bicyclic) bond motifs is 1. The van der Waals surface area contributed by atoms with E-state index in [2.05, 4.69) is 35.1 Å². The lowest BCUT2D eigenvalue weighted by atomic mass is 9.85. The van der Waals surface area contributed by atoms with Crippen LogP contribution in [0.15, 0.2) is 65.7 Å². The normalized spacial score (nSPS) is 16.1. The Balaban J connectivity index is 1.45. The van der Waals surface area contributed by atoms with Gasteiger partial charge in [-0.2, -0.15) is 0 Å². The molecule has 0 saturated carbocycles. The van der Waals surface area contributed by atoms with E-state index in [1.807, 2.05) is 24.3 Å². The first-order valence-corrected chi connectivity index (χ1v) is 14.3. The summed E-state index contributed by atoms with van der Waals surface area (Å²) in [4.78, 5) is 20.1. The Morgan fingerprint density at radius 1 is 1.14 bits per heavy atom. The number of amides is 1. The fourth-order valence-electron chi connectivity index (χ4n) is 4.78. The summed E-state index contributed by atoms with van der Waals surface area (Å²) in [6, 6.07) is 16.7. The summed E-state index contributed by atoms with van der Waals surface area (Å²) < 4.78 is 24.0. The Hall–Kier alpha value is -2.74. The maximum atomic E-state index is 12.9. The number of benzene rings is 2. The van der Waals surface area contributed by atoms with Gasteiger partial charge in [0.25, 0.3) is 5.91 Å². The van der Waals surface area contributed by atoms with E-state index in [4.69, 9.17) is 11.6 Å². The average Bonchev–Trinajstić information content (AvgIpc) is 2.88. The summed E-state index contributed by atoms with van der Waals surface area (Å²) in [5.41, 5.74) is 4.94. The number of rotatable bonds is 8. The summed E-state index contributed by atoms with van der Waals surface area (Å²) in [6.07, 6.45) is 2.55. The zero-order valence-electron chi connectivity index (χ0n) is 20.9. The van der Waals surface area contributed by atoms with E-state index in [9.17, 15) is 13.2 Å². The summed E-state index contributed by atoms with van der Waals surface area (Å²) in [5, 5.41) is 3.59. The molecule has 0 saturated heterocycles. The number of carbonyl (C=O) groups excluding carboxylic acids is 1. The van der Waals surface area contributed by atoms with E-state index in [0.717, 1.165) is 30.8 Å². The SMILES string of the molecule is CCS(=O)(=O)c1ccc(CNC(=O)c2ccc3c(c2)CCN(Cc2ccc(Cl)cn2)C3C(C)C)cc1. The second-order valence-electron chi connectivity index (χ2n) is 9.52. The highest BCUT2D eigenvalue weighted by Gasteiger charge is 2.30. The van der Waals surface area contributed by atoms with Crippen LogP contribution in [-0.4, -0.2) is 36.5 Å². The molecule has 3 aromatic rings. The van der Waals surface area contributed by atoms with Gasteiger partial charge in [0.05, 0.1) is 21.4 Å². The molecular formula is C28H32ClN3O3S. The van der Waals surface area contributed by atoms with Crippen LogP contribution in [0, 0.1) is 5.92 Å². The molecule has 1 unspecified atom stereocenters. The monoisotopic (exact) mass is 525 g/mol. The van der Waals surface area contributed by atoms with Crippen LogP contribution in [0.3, 0.4) is 0 Å². The van der Waals surface area contributed by atoms with Crippen molar-refractivity contribution in [3.63, 3.8) is 0 Å². The summed E-state index contributed by atoms with van der Waals surface area (Å²) >= 11 is 6.00. The number of halogens is 1. The molecule has 1 aliphatic rings. The molecule has 0 bridgehead atoms. The van der Waals surface area contributed by atoms with Crippen LogP contribution in [-0.2, 0) is 29.3 Å². The van der Waals surface area contributed by atoms with Crippen molar-refractivity contribution in [3.05, 3.63) is 93.8 Å². The highest BCUT2D eigenvalue weighted by atomic mass is 35.5. The van der Waals surface area contributed by atoms with E-state index in [1.54, 1.807) is 37.4 Å². The van der Waals surface area contributed by atoms with Crippen LogP contribution >= 0.6 is 11.6 Å². The Labute approximate surface area is 218 Å². The number of carbonyl (C=O) groups is 1. The molecule has 2 aromatic carbocycles. The molecule has 0 aliphatic carbocycles. The molecule has 1 N–H and O–H groups in total. The van der Waals surface area contributed by atoms with E-state index < -0.39 is 9.84 Å². The van der Waals surface area contributed by atoms with Gasteiger partial charge in [-0.05, 0) is 65.4 Å². The van der Waals surface area contributed by atoms with Crippen LogP contribution in [0.2, 0.25) is 5.02 Å². The molecule has 1 aliphatic heterocycles. The van der Waals surface area contributed by atoms with Gasteiger partial charge in [-0.25, -0.2) is 8.42 Å². The average molecular weight is 526 g/mol. The Morgan fingerprint density at radius 3 is 2.53 bits per heavy atom. The number of nitrogens with one attached hydrogen (secondary N) is 1. The van der Waals surface area contributed by atoms with Crippen molar-refractivity contribution in [1.29, 1.82) is 0 Å². The molecule has 0 spiro atoms. The quantitative estimate of drug-likeness (QED) is 0.436. The van der Waals surface area contributed by atoms with Gasteiger partial charge in [0.1, 0.15) is 0 Å². The van der Waals surface area contributed by atoms with E-state index in [1.165, 1.54) is 11.1 Å². The maximum Gasteiger partial charge on any atom is 0.251 e. The number of hydrogen-bond donors (Lipinski definition) is 1. The third-order valence-electron chi connectivity index (χ3n) is 6.69. The molecule has 1 aromatic heterocycles. The summed E-state index contributed by atoms with van der Waals surface area (Å²) in [6.45, 7) is 8.04. The van der Waals surface area contributed by atoms with Crippen LogP contribution in [0.4, 0.5) is 0 Å². The largest absolute Gasteiger partial charge is 0.348 e. The van der Waals surface area contributed by atoms with Gasteiger partial charge in [0.2, 0.25) is 0 Å². The Bertz CT molecular complexity index is 1320. The van der Waals surface area contributed by atoms with E-state index in [-0.39, 0.29) is 17.7 Å². The Kier molecular flexibility index (Phi) is 8.13. The second kappa shape index (κ2) is 11.1. The second-order valence-corrected chi connectivity index (χ2v) is 12.2. The minimum atomic E-state index is -3.23. The number of pyridine rings is 1. The van der Waals surface area contributed by atoms with Crippen molar-refractivity contribution in [2.75, 3.05) is 12.3 Å². The minimum absolute atomic E-state index is 0.0643. The van der Waals surface area contributed by atoms with Crippen molar-refractivity contribution >= 4 is 27.3 Å². The first kappa shape index (κ1) is 26.3. The van der Waals surface area contributed by atoms with Gasteiger partial charge in [0.15, 0.2) is 9.84 Å². The van der Waals surface area contributed by atoms with Gasteiger partial charge in [-0.15, -0.1) is 0 Å². The molecule has 2 heterocycles. The van der Waals surface area contributed by atoms with Crippen LogP contribution in [0.25, 0.3) is 0 Å². The van der Waals surface area contributed by atoms with Gasteiger partial charge in [-0.1, -0.05) is 50.6 Å². The van der Waals surface area contributed by atoms with Crippen molar-refractivity contribution in [1.82, 2.24) is 15.2 Å². The lowest BCUT2D eigenvalue weighted by Crippen LogP contribution is -2.38. The molecule has 190 valence electrons. The highest BCUT2D eigenvalue weighted by molar-refractivity contribution is 7.91. The van der Waals surface area contributed by atoms with Crippen molar-refractivity contribution in [3.8, 4) is 0 Å². The molecule has 0 fully saturated rings. The zero-order valence-corrected chi connectivity index (χ0v) is 22.4. The summed E-state index contributed by atoms with van der Waals surface area (Å²) in [7, 11) is -3.23. The van der Waals surface area contributed by atoms with Gasteiger partial charge < -0.3 is 5.32 Å². The molecule has 36 heavy (non-hydrogen) atoms. The number of nitrogens with zero attached hydrogens (tertiary/aromatic N) is 2. The lowest BCUT2D eigenvalue weighted by molar-refractivity contribution is 0.0950. The first-order valence-electron chi connectivity index (χ1n) is 12.2. The van der Waals surface area contributed by atoms with Gasteiger partial charge in [-0.3, -0.25) is 14.7 Å². The minimum Gasteiger partial charge on any atom is -0.348 e. The molecule has 8 heteroatoms. The predicted molar refractivity (Wildman–Crippen MR) is 143 cm³/mol. The number of sulfone groups is 1. The van der Waals surface area contributed by atoms with Crippen molar-refractivity contribution in [2.45, 2.75) is 51.2 Å². The topological polar surface area (TPSA) is 79.4 Å². The van der Waals surface area contributed by atoms with Gasteiger partial charge >= 0.3 is 0 Å². The third kappa shape index (κ3) is 5.97. The Morgan fingerprint density at radius 2 is 1.89 bits per heavy atom. The van der Waals surface area contributed by atoms with E-state index >= 15 is 0 Å². The third-order valence-corrected chi connectivity index (χ3v) is 8.66. The molecule has 0 radical (unpaired) electrons.